The molecule has 0 bridgehead atoms. The molecule has 0 heterocycles. The molecule has 0 fully saturated rings. The van der Waals surface area contributed by atoms with Crippen LogP contribution in [0.2, 0.25) is 0 Å². The van der Waals surface area contributed by atoms with Crippen molar-refractivity contribution in [2.75, 3.05) is 13.7 Å². The second-order valence-corrected chi connectivity index (χ2v) is 6.60. The van der Waals surface area contributed by atoms with Crippen LogP contribution in [0.3, 0.4) is 0 Å². The van der Waals surface area contributed by atoms with Crippen LogP contribution in [0.1, 0.15) is 73.7 Å². The van der Waals surface area contributed by atoms with Crippen molar-refractivity contribution in [2.24, 2.45) is 0 Å². The van der Waals surface area contributed by atoms with E-state index in [9.17, 15) is 14.7 Å². The van der Waals surface area contributed by atoms with Gasteiger partial charge in [0, 0.05) is 30.4 Å². The highest BCUT2D eigenvalue weighted by Gasteiger charge is 2.31. The number of rotatable bonds is 11. The van der Waals surface area contributed by atoms with Gasteiger partial charge in [0.2, 0.25) is 11.6 Å². The number of carbonyl (C=O) groups is 2. The molecule has 0 spiro atoms. The normalized spacial score (nSPS) is 14.1. The predicted molar refractivity (Wildman–Crippen MR) is 98.8 cm³/mol. The lowest BCUT2D eigenvalue weighted by atomic mass is 9.86. The summed E-state index contributed by atoms with van der Waals surface area (Å²) in [6.07, 6.45) is 9.42. The number of ketones is 2. The number of methoxy groups -OCH3 is 1. The van der Waals surface area contributed by atoms with E-state index in [0.717, 1.165) is 32.3 Å². The van der Waals surface area contributed by atoms with E-state index in [1.807, 2.05) is 0 Å². The summed E-state index contributed by atoms with van der Waals surface area (Å²) in [5.41, 5.74) is 1.07. The Bertz CT molecular complexity index is 631. The maximum Gasteiger partial charge on any atom is 0.234 e. The monoisotopic (exact) mass is 344 g/mol. The summed E-state index contributed by atoms with van der Waals surface area (Å²) in [7, 11) is 1.73. The van der Waals surface area contributed by atoms with Gasteiger partial charge in [0.05, 0.1) is 0 Å². The molecule has 1 aliphatic carbocycles. The minimum Gasteiger partial charge on any atom is -0.507 e. The highest BCUT2D eigenvalue weighted by Crippen LogP contribution is 2.30. The molecule has 1 aromatic rings. The Hall–Kier alpha value is -1.94. The second-order valence-electron chi connectivity index (χ2n) is 6.60. The average Bonchev–Trinajstić information content (AvgIpc) is 2.64. The minimum atomic E-state index is -0.547. The summed E-state index contributed by atoms with van der Waals surface area (Å²) < 4.78 is 5.03. The third-order valence-electron chi connectivity index (χ3n) is 4.72. The molecular formula is C21H28O4. The zero-order valence-corrected chi connectivity index (χ0v) is 15.1. The molecule has 0 saturated carbocycles. The molecule has 0 amide bonds. The molecule has 1 N–H and O–H groups in total. The molecule has 4 heteroatoms. The molecule has 2 rings (SSSR count). The van der Waals surface area contributed by atoms with E-state index in [2.05, 4.69) is 0 Å². The first kappa shape index (κ1) is 19.4. The van der Waals surface area contributed by atoms with Crippen LogP contribution in [0.15, 0.2) is 29.8 Å². The molecule has 0 unspecified atom stereocenters. The predicted octanol–water partition coefficient (Wildman–Crippen LogP) is 4.88. The fourth-order valence-electron chi connectivity index (χ4n) is 3.26. The van der Waals surface area contributed by atoms with Crippen molar-refractivity contribution in [1.82, 2.24) is 0 Å². The van der Waals surface area contributed by atoms with Crippen LogP contribution in [0.5, 0.6) is 0 Å². The van der Waals surface area contributed by atoms with Crippen molar-refractivity contribution >= 4 is 17.3 Å². The zero-order chi connectivity index (χ0) is 18.1. The summed E-state index contributed by atoms with van der Waals surface area (Å²) >= 11 is 0. The van der Waals surface area contributed by atoms with Crippen LogP contribution in [-0.4, -0.2) is 30.4 Å². The van der Waals surface area contributed by atoms with Crippen molar-refractivity contribution in [3.8, 4) is 0 Å². The quantitative estimate of drug-likeness (QED) is 0.459. The zero-order valence-electron chi connectivity index (χ0n) is 15.1. The molecule has 4 nitrogen and oxygen atoms in total. The topological polar surface area (TPSA) is 63.6 Å². The number of fused-ring (bicyclic) bond motifs is 1. The first-order valence-corrected chi connectivity index (χ1v) is 9.26. The number of unbranched alkanes of at least 4 members (excludes halogenated alkanes) is 7. The Labute approximate surface area is 149 Å². The van der Waals surface area contributed by atoms with Crippen LogP contribution in [0, 0.1) is 0 Å². The summed E-state index contributed by atoms with van der Waals surface area (Å²) in [5, 5.41) is 10.3. The first-order chi connectivity index (χ1) is 12.2. The van der Waals surface area contributed by atoms with E-state index < -0.39 is 11.6 Å². The van der Waals surface area contributed by atoms with E-state index in [1.165, 1.54) is 25.7 Å². The molecule has 0 saturated heterocycles. The van der Waals surface area contributed by atoms with Crippen LogP contribution in [0.25, 0.3) is 5.76 Å². The smallest absolute Gasteiger partial charge is 0.234 e. The molecule has 1 aromatic carbocycles. The van der Waals surface area contributed by atoms with Crippen molar-refractivity contribution in [1.29, 1.82) is 0 Å². The van der Waals surface area contributed by atoms with Gasteiger partial charge in [-0.2, -0.15) is 0 Å². The van der Waals surface area contributed by atoms with Crippen LogP contribution in [-0.2, 0) is 9.53 Å². The highest BCUT2D eigenvalue weighted by atomic mass is 16.5. The van der Waals surface area contributed by atoms with Gasteiger partial charge in [0.15, 0.2) is 0 Å². The van der Waals surface area contributed by atoms with Crippen molar-refractivity contribution in [3.05, 3.63) is 41.0 Å². The summed E-state index contributed by atoms with van der Waals surface area (Å²) in [4.78, 5) is 24.4. The molecular weight excluding hydrogens is 316 g/mol. The third-order valence-corrected chi connectivity index (χ3v) is 4.72. The Kier molecular flexibility index (Phi) is 7.86. The van der Waals surface area contributed by atoms with E-state index >= 15 is 0 Å². The molecule has 136 valence electrons. The number of Topliss-reactive ketones (excluding diaryl/α,β-unsaturated/α-hetero) is 2. The molecule has 0 aliphatic heterocycles. The molecule has 0 aromatic heterocycles. The van der Waals surface area contributed by atoms with E-state index in [0.29, 0.717) is 17.5 Å². The SMILES string of the molecule is COCCCCCCCCCCC1=C(O)c2ccccc2C(=O)C1=O. The molecule has 0 radical (unpaired) electrons. The third kappa shape index (κ3) is 5.27. The minimum absolute atomic E-state index is 0.0154. The second kappa shape index (κ2) is 10.1. The van der Waals surface area contributed by atoms with Gasteiger partial charge in [-0.3, -0.25) is 9.59 Å². The van der Waals surface area contributed by atoms with Crippen molar-refractivity contribution < 1.29 is 19.4 Å². The summed E-state index contributed by atoms with van der Waals surface area (Å²) in [6.45, 7) is 0.842. The number of hydrogen-bond donors (Lipinski definition) is 1. The van der Waals surface area contributed by atoms with Gasteiger partial charge in [-0.1, -0.05) is 62.8 Å². The van der Waals surface area contributed by atoms with Crippen molar-refractivity contribution in [3.63, 3.8) is 0 Å². The number of ether oxygens (including phenoxy) is 1. The first-order valence-electron chi connectivity index (χ1n) is 9.26. The maximum atomic E-state index is 12.2. The Morgan fingerprint density at radius 1 is 0.800 bits per heavy atom. The number of benzene rings is 1. The Balaban J connectivity index is 1.74. The van der Waals surface area contributed by atoms with E-state index in [4.69, 9.17) is 4.74 Å². The fourth-order valence-corrected chi connectivity index (χ4v) is 3.26. The van der Waals surface area contributed by atoms with Crippen LogP contribution >= 0.6 is 0 Å². The number of aliphatic hydroxyl groups is 1. The number of hydrogen-bond acceptors (Lipinski definition) is 4. The van der Waals surface area contributed by atoms with Crippen LogP contribution in [0.4, 0.5) is 0 Å². The highest BCUT2D eigenvalue weighted by molar-refractivity contribution is 6.52. The summed E-state index contributed by atoms with van der Waals surface area (Å²) in [6, 6.07) is 6.76. The van der Waals surface area contributed by atoms with E-state index in [1.54, 1.807) is 31.4 Å². The average molecular weight is 344 g/mol. The van der Waals surface area contributed by atoms with Gasteiger partial charge in [0.25, 0.3) is 0 Å². The van der Waals surface area contributed by atoms with E-state index in [-0.39, 0.29) is 11.3 Å². The Morgan fingerprint density at radius 2 is 1.36 bits per heavy atom. The molecule has 1 aliphatic rings. The number of carbonyl (C=O) groups excluding carboxylic acids is 2. The molecule has 25 heavy (non-hydrogen) atoms. The van der Waals surface area contributed by atoms with Crippen molar-refractivity contribution in [2.45, 2.75) is 57.8 Å². The van der Waals surface area contributed by atoms with Gasteiger partial charge in [-0.25, -0.2) is 0 Å². The lowest BCUT2D eigenvalue weighted by molar-refractivity contribution is -0.112. The van der Waals surface area contributed by atoms with Gasteiger partial charge in [-0.05, 0) is 19.3 Å². The number of aliphatic hydroxyl groups excluding tert-OH is 1. The molecule has 0 atom stereocenters. The van der Waals surface area contributed by atoms with Gasteiger partial charge in [-0.15, -0.1) is 0 Å². The maximum absolute atomic E-state index is 12.2. The fraction of sp³-hybridized carbons (Fsp3) is 0.524. The lowest BCUT2D eigenvalue weighted by Crippen LogP contribution is -2.24. The van der Waals surface area contributed by atoms with Crippen LogP contribution < -0.4 is 0 Å². The standard InChI is InChI=1S/C21H28O4/c1-25-15-11-7-5-3-2-4-6-8-14-18-19(22)16-12-9-10-13-17(16)20(23)21(18)24/h9-10,12-13,22H,2-8,11,14-15H2,1H3. The lowest BCUT2D eigenvalue weighted by Gasteiger charge is -2.17. The van der Waals surface area contributed by atoms with Gasteiger partial charge >= 0.3 is 0 Å². The number of allylic oxidation sites excluding steroid dienone is 1. The summed E-state index contributed by atoms with van der Waals surface area (Å²) in [5.74, 6) is -1.06. The largest absolute Gasteiger partial charge is 0.507 e. The Morgan fingerprint density at radius 3 is 2.00 bits per heavy atom. The van der Waals surface area contributed by atoms with Gasteiger partial charge in [0.1, 0.15) is 5.76 Å². The van der Waals surface area contributed by atoms with Gasteiger partial charge < -0.3 is 9.84 Å².